The standard InChI is InChI=1S/C15H16OS/c16-15(11-6-2-1-3-7-11)13-10-17-14-9-5-4-8-12(13)14/h4-6,8-9,13H,1-3,7,10H2. The first-order valence-corrected chi connectivity index (χ1v) is 7.30. The number of rotatable bonds is 2. The molecule has 17 heavy (non-hydrogen) atoms. The van der Waals surface area contributed by atoms with Crippen LogP contribution in [0.4, 0.5) is 0 Å². The predicted molar refractivity (Wildman–Crippen MR) is 71.5 cm³/mol. The zero-order valence-corrected chi connectivity index (χ0v) is 10.6. The molecule has 1 aromatic rings. The van der Waals surface area contributed by atoms with Gasteiger partial charge in [0, 0.05) is 10.6 Å². The van der Waals surface area contributed by atoms with Crippen molar-refractivity contribution in [3.8, 4) is 0 Å². The van der Waals surface area contributed by atoms with E-state index in [9.17, 15) is 4.79 Å². The van der Waals surface area contributed by atoms with Gasteiger partial charge in [0.2, 0.25) is 0 Å². The van der Waals surface area contributed by atoms with Crippen LogP contribution in [0.15, 0.2) is 40.8 Å². The number of Topliss-reactive ketones (excluding diaryl/α,β-unsaturated/α-hetero) is 1. The number of hydrogen-bond acceptors (Lipinski definition) is 2. The zero-order chi connectivity index (χ0) is 11.7. The summed E-state index contributed by atoms with van der Waals surface area (Å²) < 4.78 is 0. The molecule has 0 amide bonds. The second-order valence-electron chi connectivity index (χ2n) is 4.74. The van der Waals surface area contributed by atoms with Crippen LogP contribution < -0.4 is 0 Å². The summed E-state index contributed by atoms with van der Waals surface area (Å²) in [7, 11) is 0. The van der Waals surface area contributed by atoms with Crippen molar-refractivity contribution in [3.63, 3.8) is 0 Å². The largest absolute Gasteiger partial charge is 0.294 e. The minimum Gasteiger partial charge on any atom is -0.294 e. The first-order valence-electron chi connectivity index (χ1n) is 6.31. The number of ketones is 1. The smallest absolute Gasteiger partial charge is 0.166 e. The van der Waals surface area contributed by atoms with E-state index in [1.807, 2.05) is 17.8 Å². The number of carbonyl (C=O) groups excluding carboxylic acids is 1. The summed E-state index contributed by atoms with van der Waals surface area (Å²) in [5.41, 5.74) is 2.33. The van der Waals surface area contributed by atoms with Gasteiger partial charge in [0.15, 0.2) is 5.78 Å². The van der Waals surface area contributed by atoms with E-state index in [4.69, 9.17) is 0 Å². The van der Waals surface area contributed by atoms with E-state index in [0.717, 1.165) is 24.2 Å². The molecule has 2 heteroatoms. The fourth-order valence-electron chi connectivity index (χ4n) is 2.67. The number of fused-ring (bicyclic) bond motifs is 1. The van der Waals surface area contributed by atoms with Gasteiger partial charge < -0.3 is 0 Å². The van der Waals surface area contributed by atoms with Gasteiger partial charge in [-0.2, -0.15) is 0 Å². The Morgan fingerprint density at radius 1 is 1.24 bits per heavy atom. The first kappa shape index (κ1) is 11.1. The van der Waals surface area contributed by atoms with Crippen LogP contribution in [0.25, 0.3) is 0 Å². The molecule has 1 nitrogen and oxygen atoms in total. The average Bonchev–Trinajstić information content (AvgIpc) is 2.83. The molecule has 3 rings (SSSR count). The molecule has 0 saturated carbocycles. The second-order valence-corrected chi connectivity index (χ2v) is 5.80. The van der Waals surface area contributed by atoms with E-state index in [0.29, 0.717) is 5.78 Å². The van der Waals surface area contributed by atoms with Crippen molar-refractivity contribution in [3.05, 3.63) is 41.5 Å². The van der Waals surface area contributed by atoms with Crippen LogP contribution in [0.1, 0.15) is 37.2 Å². The minimum absolute atomic E-state index is 0.112. The molecule has 1 heterocycles. The minimum atomic E-state index is 0.112. The Bertz CT molecular complexity index is 476. The van der Waals surface area contributed by atoms with Crippen molar-refractivity contribution in [2.45, 2.75) is 36.5 Å². The predicted octanol–water partition coefficient (Wildman–Crippen LogP) is 3.95. The van der Waals surface area contributed by atoms with Crippen molar-refractivity contribution < 1.29 is 4.79 Å². The third kappa shape index (κ3) is 2.06. The Balaban J connectivity index is 1.87. The highest BCUT2D eigenvalue weighted by Gasteiger charge is 2.30. The summed E-state index contributed by atoms with van der Waals surface area (Å²) in [6, 6.07) is 8.34. The Kier molecular flexibility index (Phi) is 3.06. The molecule has 2 aliphatic rings. The number of benzene rings is 1. The topological polar surface area (TPSA) is 17.1 Å². The van der Waals surface area contributed by atoms with Crippen LogP contribution in [-0.2, 0) is 4.79 Å². The summed E-state index contributed by atoms with van der Waals surface area (Å²) in [5.74, 6) is 1.41. The Morgan fingerprint density at radius 2 is 2.12 bits per heavy atom. The summed E-state index contributed by atoms with van der Waals surface area (Å²) >= 11 is 1.82. The van der Waals surface area contributed by atoms with Crippen LogP contribution in [-0.4, -0.2) is 11.5 Å². The van der Waals surface area contributed by atoms with Gasteiger partial charge in [-0.25, -0.2) is 0 Å². The summed E-state index contributed by atoms with van der Waals surface area (Å²) in [5, 5.41) is 0. The molecule has 0 bridgehead atoms. The van der Waals surface area contributed by atoms with Crippen molar-refractivity contribution in [2.24, 2.45) is 0 Å². The molecule has 1 aromatic carbocycles. The van der Waals surface area contributed by atoms with E-state index >= 15 is 0 Å². The molecule has 0 N–H and O–H groups in total. The van der Waals surface area contributed by atoms with Crippen molar-refractivity contribution in [1.82, 2.24) is 0 Å². The quantitative estimate of drug-likeness (QED) is 0.783. The molecular weight excluding hydrogens is 228 g/mol. The van der Waals surface area contributed by atoms with Gasteiger partial charge >= 0.3 is 0 Å². The molecule has 0 fully saturated rings. The van der Waals surface area contributed by atoms with Gasteiger partial charge in [-0.3, -0.25) is 4.79 Å². The molecule has 1 aliphatic carbocycles. The summed E-state index contributed by atoms with van der Waals surface area (Å²) in [6.45, 7) is 0. The molecular formula is C15H16OS. The lowest BCUT2D eigenvalue weighted by molar-refractivity contribution is -0.116. The van der Waals surface area contributed by atoms with Gasteiger partial charge in [-0.05, 0) is 42.9 Å². The van der Waals surface area contributed by atoms with E-state index < -0.39 is 0 Å². The Hall–Kier alpha value is -1.02. The first-order chi connectivity index (χ1) is 8.36. The van der Waals surface area contributed by atoms with Crippen molar-refractivity contribution >= 4 is 17.5 Å². The van der Waals surface area contributed by atoms with E-state index in [-0.39, 0.29) is 5.92 Å². The number of carbonyl (C=O) groups is 1. The molecule has 1 aliphatic heterocycles. The van der Waals surface area contributed by atoms with Crippen LogP contribution in [0.2, 0.25) is 0 Å². The molecule has 88 valence electrons. The molecule has 1 atom stereocenters. The third-order valence-corrected chi connectivity index (χ3v) is 4.81. The lowest BCUT2D eigenvalue weighted by Crippen LogP contribution is -2.16. The normalized spacial score (nSPS) is 23.1. The highest BCUT2D eigenvalue weighted by molar-refractivity contribution is 7.99. The van der Waals surface area contributed by atoms with Crippen molar-refractivity contribution in [2.75, 3.05) is 5.75 Å². The van der Waals surface area contributed by atoms with Crippen molar-refractivity contribution in [1.29, 1.82) is 0 Å². The van der Waals surface area contributed by atoms with Gasteiger partial charge in [0.25, 0.3) is 0 Å². The summed E-state index contributed by atoms with van der Waals surface area (Å²) in [6.07, 6.45) is 6.66. The van der Waals surface area contributed by atoms with Crippen LogP contribution in [0.5, 0.6) is 0 Å². The number of thioether (sulfide) groups is 1. The molecule has 0 saturated heterocycles. The maximum absolute atomic E-state index is 12.5. The highest BCUT2D eigenvalue weighted by Crippen LogP contribution is 2.41. The molecule has 1 unspecified atom stereocenters. The van der Waals surface area contributed by atoms with Gasteiger partial charge in [-0.15, -0.1) is 11.8 Å². The van der Waals surface area contributed by atoms with Crippen LogP contribution >= 0.6 is 11.8 Å². The lowest BCUT2D eigenvalue weighted by Gasteiger charge is -2.15. The monoisotopic (exact) mass is 244 g/mol. The van der Waals surface area contributed by atoms with E-state index in [1.165, 1.54) is 23.3 Å². The number of hydrogen-bond donors (Lipinski definition) is 0. The SMILES string of the molecule is O=C(C1=CCCCC1)C1CSc2ccccc21. The average molecular weight is 244 g/mol. The van der Waals surface area contributed by atoms with Gasteiger partial charge in [0.1, 0.15) is 0 Å². The Morgan fingerprint density at radius 3 is 2.94 bits per heavy atom. The fraction of sp³-hybridized carbons (Fsp3) is 0.400. The maximum atomic E-state index is 12.5. The maximum Gasteiger partial charge on any atom is 0.166 e. The third-order valence-electron chi connectivity index (χ3n) is 3.62. The highest BCUT2D eigenvalue weighted by atomic mass is 32.2. The molecule has 0 aromatic heterocycles. The zero-order valence-electron chi connectivity index (χ0n) is 9.82. The lowest BCUT2D eigenvalue weighted by atomic mass is 9.87. The van der Waals surface area contributed by atoms with E-state index in [1.54, 1.807) is 0 Å². The Labute approximate surface area is 106 Å². The van der Waals surface area contributed by atoms with Gasteiger partial charge in [0.05, 0.1) is 5.92 Å². The van der Waals surface area contributed by atoms with Gasteiger partial charge in [-0.1, -0.05) is 24.3 Å². The molecule has 0 radical (unpaired) electrons. The van der Waals surface area contributed by atoms with Crippen LogP contribution in [0.3, 0.4) is 0 Å². The fourth-order valence-corrected chi connectivity index (χ4v) is 3.89. The van der Waals surface area contributed by atoms with E-state index in [2.05, 4.69) is 24.3 Å². The van der Waals surface area contributed by atoms with Crippen LogP contribution in [0, 0.1) is 0 Å². The molecule has 0 spiro atoms. The summed E-state index contributed by atoms with van der Waals surface area (Å²) in [4.78, 5) is 13.8. The second kappa shape index (κ2) is 4.69. The number of allylic oxidation sites excluding steroid dienone is 2.